The summed E-state index contributed by atoms with van der Waals surface area (Å²) < 4.78 is 32.3. The minimum Gasteiger partial charge on any atom is -0.491 e. The van der Waals surface area contributed by atoms with E-state index in [9.17, 15) is 18.7 Å². The van der Waals surface area contributed by atoms with Gasteiger partial charge in [0.2, 0.25) is 5.91 Å². The summed E-state index contributed by atoms with van der Waals surface area (Å²) in [6.07, 6.45) is -0.779. The van der Waals surface area contributed by atoms with Crippen LogP contribution in [0.1, 0.15) is 37.5 Å². The highest BCUT2D eigenvalue weighted by Crippen LogP contribution is 2.20. The van der Waals surface area contributed by atoms with Crippen LogP contribution < -0.4 is 10.1 Å². The average Bonchev–Trinajstić information content (AvgIpc) is 2.60. The fourth-order valence-corrected chi connectivity index (χ4v) is 2.47. The van der Waals surface area contributed by atoms with E-state index in [4.69, 9.17) is 4.74 Å². The van der Waals surface area contributed by atoms with Crippen molar-refractivity contribution in [2.45, 2.75) is 38.9 Å². The van der Waals surface area contributed by atoms with Crippen LogP contribution in [0.3, 0.4) is 0 Å². The van der Waals surface area contributed by atoms with E-state index in [-0.39, 0.29) is 37.0 Å². The third-order valence-electron chi connectivity index (χ3n) is 3.76. The van der Waals surface area contributed by atoms with Gasteiger partial charge in [0.1, 0.15) is 5.75 Å². The van der Waals surface area contributed by atoms with Crippen molar-refractivity contribution < 1.29 is 23.4 Å². The number of benzene rings is 2. The van der Waals surface area contributed by atoms with Gasteiger partial charge >= 0.3 is 0 Å². The zero-order valence-corrected chi connectivity index (χ0v) is 14.8. The van der Waals surface area contributed by atoms with Crippen molar-refractivity contribution in [2.75, 3.05) is 6.54 Å². The molecule has 4 nitrogen and oxygen atoms in total. The van der Waals surface area contributed by atoms with E-state index >= 15 is 0 Å². The molecule has 0 heterocycles. The first kappa shape index (κ1) is 19.8. The molecule has 0 aromatic heterocycles. The Kier molecular flexibility index (Phi) is 7.09. The van der Waals surface area contributed by atoms with Gasteiger partial charge in [-0.3, -0.25) is 4.79 Å². The second-order valence-electron chi connectivity index (χ2n) is 6.27. The molecule has 6 heteroatoms. The summed E-state index contributed by atoms with van der Waals surface area (Å²) >= 11 is 0. The van der Waals surface area contributed by atoms with Gasteiger partial charge in [-0.05, 0) is 49.6 Å². The van der Waals surface area contributed by atoms with Gasteiger partial charge in [-0.2, -0.15) is 0 Å². The van der Waals surface area contributed by atoms with E-state index in [0.29, 0.717) is 11.3 Å². The van der Waals surface area contributed by atoms with Crippen LogP contribution in [0.2, 0.25) is 0 Å². The number of amides is 1. The van der Waals surface area contributed by atoms with Crippen LogP contribution in [0.15, 0.2) is 42.5 Å². The maximum absolute atomic E-state index is 13.6. The first-order chi connectivity index (χ1) is 12.4. The molecule has 0 aliphatic heterocycles. The predicted octanol–water partition coefficient (Wildman–Crippen LogP) is 3.53. The highest BCUT2D eigenvalue weighted by molar-refractivity contribution is 5.76. The maximum Gasteiger partial charge on any atom is 0.220 e. The van der Waals surface area contributed by atoms with E-state index in [1.165, 1.54) is 12.1 Å². The molecule has 0 aliphatic rings. The standard InChI is InChI=1S/C20H23F2NO3/c1-13(2)26-16-7-3-6-15(11-16)18(24)12-23-19(25)10-9-14-5-4-8-17(21)20(14)22/h3-8,11,13,18,24H,9-10,12H2,1-2H3,(H,23,25). The van der Waals surface area contributed by atoms with Crippen LogP contribution in [0.25, 0.3) is 0 Å². The van der Waals surface area contributed by atoms with Crippen molar-refractivity contribution in [1.29, 1.82) is 0 Å². The number of hydrogen-bond acceptors (Lipinski definition) is 3. The largest absolute Gasteiger partial charge is 0.491 e. The molecule has 0 saturated carbocycles. The van der Waals surface area contributed by atoms with Crippen molar-refractivity contribution in [2.24, 2.45) is 0 Å². The molecule has 0 saturated heterocycles. The first-order valence-electron chi connectivity index (χ1n) is 8.51. The molecule has 2 aromatic carbocycles. The number of halogens is 2. The summed E-state index contributed by atoms with van der Waals surface area (Å²) in [6, 6.07) is 10.9. The van der Waals surface area contributed by atoms with E-state index in [0.717, 1.165) is 6.07 Å². The summed E-state index contributed by atoms with van der Waals surface area (Å²) in [6.45, 7) is 3.84. The Balaban J connectivity index is 1.84. The van der Waals surface area contributed by atoms with Gasteiger partial charge in [0.15, 0.2) is 11.6 Å². The molecular weight excluding hydrogens is 340 g/mol. The maximum atomic E-state index is 13.6. The zero-order chi connectivity index (χ0) is 19.1. The Morgan fingerprint density at radius 1 is 1.19 bits per heavy atom. The molecular formula is C20H23F2NO3. The minimum absolute atomic E-state index is 0.00357. The lowest BCUT2D eigenvalue weighted by molar-refractivity contribution is -0.121. The Morgan fingerprint density at radius 3 is 2.65 bits per heavy atom. The molecule has 0 bridgehead atoms. The summed E-state index contributed by atoms with van der Waals surface area (Å²) in [4.78, 5) is 11.9. The van der Waals surface area contributed by atoms with Crippen molar-refractivity contribution in [1.82, 2.24) is 5.32 Å². The summed E-state index contributed by atoms with van der Waals surface area (Å²) in [5.41, 5.74) is 0.777. The third kappa shape index (κ3) is 5.81. The van der Waals surface area contributed by atoms with E-state index in [1.807, 2.05) is 13.8 Å². The Morgan fingerprint density at radius 2 is 1.92 bits per heavy atom. The van der Waals surface area contributed by atoms with Crippen LogP contribution in [0, 0.1) is 11.6 Å². The number of carbonyl (C=O) groups is 1. The van der Waals surface area contributed by atoms with E-state index in [1.54, 1.807) is 24.3 Å². The Hall–Kier alpha value is -2.47. The van der Waals surface area contributed by atoms with Gasteiger partial charge in [0.05, 0.1) is 12.2 Å². The van der Waals surface area contributed by atoms with Crippen LogP contribution in [0.4, 0.5) is 8.78 Å². The molecule has 1 amide bonds. The molecule has 1 atom stereocenters. The number of ether oxygens (including phenoxy) is 1. The molecule has 2 aromatic rings. The van der Waals surface area contributed by atoms with Gasteiger partial charge in [0, 0.05) is 13.0 Å². The fraction of sp³-hybridized carbons (Fsp3) is 0.350. The van der Waals surface area contributed by atoms with Crippen molar-refractivity contribution in [3.63, 3.8) is 0 Å². The van der Waals surface area contributed by atoms with Gasteiger partial charge in [0.25, 0.3) is 0 Å². The molecule has 0 fully saturated rings. The quantitative estimate of drug-likeness (QED) is 0.754. The van der Waals surface area contributed by atoms with E-state index < -0.39 is 17.7 Å². The van der Waals surface area contributed by atoms with Gasteiger partial charge in [-0.15, -0.1) is 0 Å². The smallest absolute Gasteiger partial charge is 0.220 e. The predicted molar refractivity (Wildman–Crippen MR) is 94.9 cm³/mol. The highest BCUT2D eigenvalue weighted by atomic mass is 19.2. The lowest BCUT2D eigenvalue weighted by Gasteiger charge is -2.15. The summed E-state index contributed by atoms with van der Waals surface area (Å²) in [5, 5.41) is 12.8. The van der Waals surface area contributed by atoms with Gasteiger partial charge in [-0.1, -0.05) is 24.3 Å². The summed E-state index contributed by atoms with van der Waals surface area (Å²) in [5.74, 6) is -1.56. The molecule has 140 valence electrons. The average molecular weight is 363 g/mol. The number of aryl methyl sites for hydroxylation is 1. The van der Waals surface area contributed by atoms with Crippen molar-refractivity contribution >= 4 is 5.91 Å². The Labute approximate surface area is 151 Å². The Bertz CT molecular complexity index is 750. The SMILES string of the molecule is CC(C)Oc1cccc(C(O)CNC(=O)CCc2cccc(F)c2F)c1. The first-order valence-corrected chi connectivity index (χ1v) is 8.51. The molecule has 0 spiro atoms. The number of nitrogens with one attached hydrogen (secondary N) is 1. The molecule has 2 N–H and O–H groups in total. The second-order valence-corrected chi connectivity index (χ2v) is 6.27. The molecule has 0 radical (unpaired) electrons. The third-order valence-corrected chi connectivity index (χ3v) is 3.76. The number of carbonyl (C=O) groups excluding carboxylic acids is 1. The normalized spacial score (nSPS) is 12.1. The molecule has 26 heavy (non-hydrogen) atoms. The monoisotopic (exact) mass is 363 g/mol. The van der Waals surface area contributed by atoms with Crippen LogP contribution >= 0.6 is 0 Å². The van der Waals surface area contributed by atoms with Gasteiger partial charge < -0.3 is 15.2 Å². The van der Waals surface area contributed by atoms with Crippen LogP contribution in [-0.2, 0) is 11.2 Å². The summed E-state index contributed by atoms with van der Waals surface area (Å²) in [7, 11) is 0. The van der Waals surface area contributed by atoms with Crippen molar-refractivity contribution in [3.05, 3.63) is 65.2 Å². The fourth-order valence-electron chi connectivity index (χ4n) is 2.47. The minimum atomic E-state index is -0.929. The van der Waals surface area contributed by atoms with Crippen molar-refractivity contribution in [3.8, 4) is 5.75 Å². The highest BCUT2D eigenvalue weighted by Gasteiger charge is 2.13. The lowest BCUT2D eigenvalue weighted by atomic mass is 10.1. The van der Waals surface area contributed by atoms with Crippen LogP contribution in [0.5, 0.6) is 5.75 Å². The number of aliphatic hydroxyl groups excluding tert-OH is 1. The van der Waals surface area contributed by atoms with Gasteiger partial charge in [-0.25, -0.2) is 8.78 Å². The van der Waals surface area contributed by atoms with E-state index in [2.05, 4.69) is 5.32 Å². The zero-order valence-electron chi connectivity index (χ0n) is 14.8. The topological polar surface area (TPSA) is 58.6 Å². The number of aliphatic hydroxyl groups is 1. The van der Waals surface area contributed by atoms with Crippen LogP contribution in [-0.4, -0.2) is 23.7 Å². The molecule has 2 rings (SSSR count). The lowest BCUT2D eigenvalue weighted by Crippen LogP contribution is -2.28. The number of rotatable bonds is 8. The molecule has 0 aliphatic carbocycles. The number of hydrogen-bond donors (Lipinski definition) is 2. The molecule has 1 unspecified atom stereocenters. The second kappa shape index (κ2) is 9.29.